The summed E-state index contributed by atoms with van der Waals surface area (Å²) >= 11 is 16.7. The van der Waals surface area contributed by atoms with Crippen LogP contribution in [0.2, 0.25) is 10.0 Å². The first-order valence-corrected chi connectivity index (χ1v) is 10.9. The average molecular weight is 517 g/mol. The fraction of sp³-hybridized carbons (Fsp3) is 0.200. The molecule has 29 heavy (non-hydrogen) atoms. The quantitative estimate of drug-likeness (QED) is 0.416. The second kappa shape index (κ2) is 9.43. The predicted molar refractivity (Wildman–Crippen MR) is 120 cm³/mol. The Morgan fingerprint density at radius 3 is 2.52 bits per heavy atom. The van der Waals surface area contributed by atoms with Crippen LogP contribution in [-0.2, 0) is 11.3 Å². The van der Waals surface area contributed by atoms with Crippen LogP contribution < -0.4 is 9.47 Å². The van der Waals surface area contributed by atoms with Gasteiger partial charge in [0, 0.05) is 15.6 Å². The van der Waals surface area contributed by atoms with E-state index in [2.05, 4.69) is 15.9 Å². The molecule has 9 heteroatoms. The number of nitrogens with zero attached hydrogens (tertiary/aromatic N) is 1. The van der Waals surface area contributed by atoms with Gasteiger partial charge in [-0.15, -0.1) is 0 Å². The molecular weight excluding hydrogens is 501 g/mol. The van der Waals surface area contributed by atoms with Crippen LogP contribution in [0.1, 0.15) is 18.1 Å². The van der Waals surface area contributed by atoms with Gasteiger partial charge in [-0.25, -0.2) is 0 Å². The van der Waals surface area contributed by atoms with E-state index in [-0.39, 0.29) is 11.8 Å². The maximum Gasteiger partial charge on any atom is 0.293 e. The van der Waals surface area contributed by atoms with Crippen LogP contribution in [0.4, 0.5) is 4.79 Å². The predicted octanol–water partition coefficient (Wildman–Crippen LogP) is 6.40. The summed E-state index contributed by atoms with van der Waals surface area (Å²) < 4.78 is 11.6. The summed E-state index contributed by atoms with van der Waals surface area (Å²) in [5.74, 6) is 0.697. The number of carbonyl (C=O) groups is 2. The lowest BCUT2D eigenvalue weighted by Crippen LogP contribution is -2.27. The Balaban J connectivity index is 1.89. The molecule has 0 atom stereocenters. The van der Waals surface area contributed by atoms with E-state index >= 15 is 0 Å². The molecule has 0 bridgehead atoms. The first-order chi connectivity index (χ1) is 13.8. The number of hydrogen-bond acceptors (Lipinski definition) is 5. The molecule has 3 rings (SSSR count). The smallest absolute Gasteiger partial charge is 0.293 e. The molecule has 152 valence electrons. The van der Waals surface area contributed by atoms with Gasteiger partial charge < -0.3 is 9.47 Å². The van der Waals surface area contributed by atoms with E-state index in [0.29, 0.717) is 48.7 Å². The monoisotopic (exact) mass is 515 g/mol. The molecule has 2 amide bonds. The zero-order valence-electron chi connectivity index (χ0n) is 15.5. The van der Waals surface area contributed by atoms with E-state index in [4.69, 9.17) is 32.7 Å². The molecule has 0 radical (unpaired) electrons. The van der Waals surface area contributed by atoms with Crippen molar-refractivity contribution >= 4 is 68.1 Å². The number of rotatable bonds is 6. The molecule has 0 spiro atoms. The standard InChI is InChI=1S/C20H16BrCl2NO4S/c1-3-28-18-13(21)7-11(8-16(18)27-2)9-17-19(25)24(20(26)29-17)10-12-14(22)5-4-6-15(12)23/h4-9H,3,10H2,1-2H3/b17-9-. The highest BCUT2D eigenvalue weighted by molar-refractivity contribution is 9.10. The van der Waals surface area contributed by atoms with Crippen LogP contribution in [0.15, 0.2) is 39.7 Å². The van der Waals surface area contributed by atoms with Crippen molar-refractivity contribution in [2.24, 2.45) is 0 Å². The lowest BCUT2D eigenvalue weighted by molar-refractivity contribution is -0.123. The van der Waals surface area contributed by atoms with Gasteiger partial charge in [0.2, 0.25) is 0 Å². The largest absolute Gasteiger partial charge is 0.493 e. The van der Waals surface area contributed by atoms with E-state index in [1.807, 2.05) is 6.92 Å². The zero-order valence-corrected chi connectivity index (χ0v) is 19.4. The lowest BCUT2D eigenvalue weighted by atomic mass is 10.1. The van der Waals surface area contributed by atoms with E-state index in [1.165, 1.54) is 7.11 Å². The molecule has 1 fully saturated rings. The van der Waals surface area contributed by atoms with Gasteiger partial charge in [-0.3, -0.25) is 14.5 Å². The van der Waals surface area contributed by atoms with E-state index < -0.39 is 5.91 Å². The number of thioether (sulfide) groups is 1. The van der Waals surface area contributed by atoms with E-state index in [9.17, 15) is 9.59 Å². The first-order valence-electron chi connectivity index (χ1n) is 8.54. The fourth-order valence-corrected chi connectivity index (χ4v) is 4.67. The van der Waals surface area contributed by atoms with Crippen molar-refractivity contribution in [1.29, 1.82) is 0 Å². The minimum absolute atomic E-state index is 0.0107. The third kappa shape index (κ3) is 4.74. The molecule has 2 aromatic carbocycles. The Morgan fingerprint density at radius 1 is 1.21 bits per heavy atom. The maximum atomic E-state index is 12.8. The molecular formula is C20H16BrCl2NO4S. The van der Waals surface area contributed by atoms with Crippen molar-refractivity contribution < 1.29 is 19.1 Å². The Morgan fingerprint density at radius 2 is 1.90 bits per heavy atom. The van der Waals surface area contributed by atoms with Gasteiger partial charge in [-0.2, -0.15) is 0 Å². The number of benzene rings is 2. The first kappa shape index (κ1) is 22.0. The molecule has 0 saturated carbocycles. The molecule has 1 heterocycles. The molecule has 0 N–H and O–H groups in total. The van der Waals surface area contributed by atoms with Crippen molar-refractivity contribution in [3.8, 4) is 11.5 Å². The number of halogens is 3. The van der Waals surface area contributed by atoms with Crippen LogP contribution >= 0.6 is 50.9 Å². The van der Waals surface area contributed by atoms with Crippen LogP contribution in [0.5, 0.6) is 11.5 Å². The van der Waals surface area contributed by atoms with Gasteiger partial charge in [0.25, 0.3) is 11.1 Å². The van der Waals surface area contributed by atoms with Gasteiger partial charge in [-0.1, -0.05) is 29.3 Å². The summed E-state index contributed by atoms with van der Waals surface area (Å²) in [6.45, 7) is 2.37. The second-order valence-electron chi connectivity index (χ2n) is 5.94. The molecule has 2 aromatic rings. The number of hydrogen-bond donors (Lipinski definition) is 0. The molecule has 1 aliphatic heterocycles. The highest BCUT2D eigenvalue weighted by Gasteiger charge is 2.35. The van der Waals surface area contributed by atoms with E-state index in [0.717, 1.165) is 16.7 Å². The maximum absolute atomic E-state index is 12.8. The Labute approximate surface area is 191 Å². The van der Waals surface area contributed by atoms with Gasteiger partial charge in [-0.05, 0) is 70.5 Å². The van der Waals surface area contributed by atoms with Gasteiger partial charge in [0.15, 0.2) is 11.5 Å². The van der Waals surface area contributed by atoms with Gasteiger partial charge in [0.05, 0.1) is 29.6 Å². The Kier molecular flexibility index (Phi) is 7.16. The number of methoxy groups -OCH3 is 1. The summed E-state index contributed by atoms with van der Waals surface area (Å²) in [5, 5.41) is 0.427. The summed E-state index contributed by atoms with van der Waals surface area (Å²) in [7, 11) is 1.54. The molecule has 1 saturated heterocycles. The van der Waals surface area contributed by atoms with Crippen LogP contribution in [0, 0.1) is 0 Å². The third-order valence-electron chi connectivity index (χ3n) is 4.09. The van der Waals surface area contributed by atoms with Crippen molar-refractivity contribution in [2.75, 3.05) is 13.7 Å². The second-order valence-corrected chi connectivity index (χ2v) is 8.60. The number of ether oxygens (including phenoxy) is 2. The number of carbonyl (C=O) groups excluding carboxylic acids is 2. The highest BCUT2D eigenvalue weighted by Crippen LogP contribution is 2.39. The number of imide groups is 1. The molecule has 0 aromatic heterocycles. The summed E-state index contributed by atoms with van der Waals surface area (Å²) in [6.07, 6.45) is 1.64. The average Bonchev–Trinajstić information content (AvgIpc) is 2.93. The van der Waals surface area contributed by atoms with Crippen molar-refractivity contribution in [1.82, 2.24) is 4.90 Å². The summed E-state index contributed by atoms with van der Waals surface area (Å²) in [6, 6.07) is 8.59. The third-order valence-corrected chi connectivity index (χ3v) is 6.29. The lowest BCUT2D eigenvalue weighted by Gasteiger charge is -2.15. The fourth-order valence-electron chi connectivity index (χ4n) is 2.74. The molecule has 0 aliphatic carbocycles. The van der Waals surface area contributed by atoms with Crippen LogP contribution in [0.25, 0.3) is 6.08 Å². The van der Waals surface area contributed by atoms with Gasteiger partial charge >= 0.3 is 0 Å². The summed E-state index contributed by atoms with van der Waals surface area (Å²) in [4.78, 5) is 26.7. The van der Waals surface area contributed by atoms with Gasteiger partial charge in [0.1, 0.15) is 0 Å². The minimum atomic E-state index is -0.403. The normalized spacial score (nSPS) is 15.3. The number of amides is 2. The molecule has 1 aliphatic rings. The van der Waals surface area contributed by atoms with Crippen molar-refractivity contribution in [3.05, 3.63) is 60.9 Å². The minimum Gasteiger partial charge on any atom is -0.493 e. The summed E-state index contributed by atoms with van der Waals surface area (Å²) in [5.41, 5.74) is 1.23. The Bertz CT molecular complexity index is 992. The molecule has 0 unspecified atom stereocenters. The van der Waals surface area contributed by atoms with Crippen molar-refractivity contribution in [3.63, 3.8) is 0 Å². The zero-order chi connectivity index (χ0) is 21.1. The SMILES string of the molecule is CCOc1c(Br)cc(/C=C2\SC(=O)N(Cc3c(Cl)cccc3Cl)C2=O)cc1OC. The Hall–Kier alpha value is -1.67. The van der Waals surface area contributed by atoms with Crippen LogP contribution in [-0.4, -0.2) is 29.8 Å². The van der Waals surface area contributed by atoms with E-state index in [1.54, 1.807) is 36.4 Å². The molecule has 5 nitrogen and oxygen atoms in total. The van der Waals surface area contributed by atoms with Crippen molar-refractivity contribution in [2.45, 2.75) is 13.5 Å². The highest BCUT2D eigenvalue weighted by atomic mass is 79.9. The van der Waals surface area contributed by atoms with Crippen LogP contribution in [0.3, 0.4) is 0 Å². The topological polar surface area (TPSA) is 55.8 Å².